The van der Waals surface area contributed by atoms with Gasteiger partial charge in [-0.25, -0.2) is 9.59 Å². The number of carboxylic acids is 1. The van der Waals surface area contributed by atoms with Crippen LogP contribution in [0, 0.1) is 0 Å². The quantitative estimate of drug-likeness (QED) is 0.721. The van der Waals surface area contributed by atoms with Crippen LogP contribution in [-0.2, 0) is 12.7 Å². The minimum absolute atomic E-state index is 0.0994. The molecule has 1 amide bonds. The number of aromatic carboxylic acids is 1. The maximum atomic E-state index is 12.9. The zero-order valence-electron chi connectivity index (χ0n) is 17.1. The number of aromatic nitrogens is 2. The summed E-state index contributed by atoms with van der Waals surface area (Å²) in [6, 6.07) is 4.37. The summed E-state index contributed by atoms with van der Waals surface area (Å²) < 4.78 is 39.8. The second-order valence-electron chi connectivity index (χ2n) is 8.27. The average molecular weight is 471 g/mol. The Hall–Kier alpha value is -2.59. The van der Waals surface area contributed by atoms with Gasteiger partial charge in [-0.2, -0.15) is 23.0 Å². The molecule has 7 nitrogen and oxygen atoms in total. The van der Waals surface area contributed by atoms with E-state index in [4.69, 9.17) is 16.7 Å². The van der Waals surface area contributed by atoms with Crippen molar-refractivity contribution in [3.05, 3.63) is 52.3 Å². The van der Waals surface area contributed by atoms with Gasteiger partial charge in [-0.3, -0.25) is 4.90 Å². The molecule has 0 atom stereocenters. The molecule has 0 bridgehead atoms. The molecule has 1 aromatic carbocycles. The van der Waals surface area contributed by atoms with Crippen LogP contribution in [0.15, 0.2) is 30.5 Å². The first-order valence-corrected chi connectivity index (χ1v) is 10.7. The molecule has 2 saturated heterocycles. The predicted molar refractivity (Wildman–Crippen MR) is 110 cm³/mol. The van der Waals surface area contributed by atoms with E-state index in [1.165, 1.54) is 18.3 Å². The van der Waals surface area contributed by atoms with E-state index < -0.39 is 17.7 Å². The van der Waals surface area contributed by atoms with E-state index in [1.807, 2.05) is 0 Å². The number of hydrogen-bond donors (Lipinski definition) is 1. The first-order chi connectivity index (χ1) is 15.1. The Kier molecular flexibility index (Phi) is 5.93. The van der Waals surface area contributed by atoms with Gasteiger partial charge >= 0.3 is 18.2 Å². The summed E-state index contributed by atoms with van der Waals surface area (Å²) in [4.78, 5) is 27.6. The van der Waals surface area contributed by atoms with E-state index in [2.05, 4.69) is 10.00 Å². The van der Waals surface area contributed by atoms with Gasteiger partial charge in [-0.05, 0) is 56.0 Å². The van der Waals surface area contributed by atoms with Crippen LogP contribution in [0.2, 0.25) is 5.02 Å². The molecule has 0 radical (unpaired) electrons. The summed E-state index contributed by atoms with van der Waals surface area (Å²) >= 11 is 6.17. The first kappa shape index (κ1) is 22.6. The number of likely N-dealkylation sites (tertiary alicyclic amines) is 2. The molecule has 1 aromatic heterocycles. The number of piperidine rings is 1. The van der Waals surface area contributed by atoms with Crippen LogP contribution in [0.3, 0.4) is 0 Å². The Morgan fingerprint density at radius 3 is 2.44 bits per heavy atom. The highest BCUT2D eigenvalue weighted by Crippen LogP contribution is 2.40. The van der Waals surface area contributed by atoms with Crippen LogP contribution >= 0.6 is 11.6 Å². The molecule has 2 aliphatic rings. The second kappa shape index (κ2) is 8.40. The largest absolute Gasteiger partial charge is 0.476 e. The molecule has 1 spiro atoms. The molecule has 0 saturated carbocycles. The lowest BCUT2D eigenvalue weighted by molar-refractivity contribution is -0.137. The summed E-state index contributed by atoms with van der Waals surface area (Å²) in [5.74, 6) is -1.20. The molecule has 2 aliphatic heterocycles. The highest BCUT2D eigenvalue weighted by molar-refractivity contribution is 6.31. The second-order valence-corrected chi connectivity index (χ2v) is 8.68. The monoisotopic (exact) mass is 470 g/mol. The van der Waals surface area contributed by atoms with Crippen molar-refractivity contribution in [2.45, 2.75) is 43.9 Å². The van der Waals surface area contributed by atoms with Gasteiger partial charge in [-0.15, -0.1) is 0 Å². The maximum Gasteiger partial charge on any atom is 0.416 e. The van der Waals surface area contributed by atoms with Gasteiger partial charge in [0.2, 0.25) is 0 Å². The number of amides is 1. The van der Waals surface area contributed by atoms with E-state index in [1.54, 1.807) is 4.90 Å². The third-order valence-electron chi connectivity index (χ3n) is 6.45. The van der Waals surface area contributed by atoms with Crippen molar-refractivity contribution in [1.82, 2.24) is 19.6 Å². The van der Waals surface area contributed by atoms with Crippen LogP contribution in [0.25, 0.3) is 0 Å². The van der Waals surface area contributed by atoms with Gasteiger partial charge in [0.1, 0.15) is 0 Å². The summed E-state index contributed by atoms with van der Waals surface area (Å²) in [7, 11) is 0. The number of carboxylic acid groups (broad SMARTS) is 1. The fourth-order valence-electron chi connectivity index (χ4n) is 4.67. The third-order valence-corrected chi connectivity index (χ3v) is 6.80. The van der Waals surface area contributed by atoms with Gasteiger partial charge in [0.25, 0.3) is 0 Å². The number of carbonyl (C=O) groups excluding carboxylic acids is 1. The minimum atomic E-state index is -4.43. The molecule has 4 rings (SSSR count). The third kappa shape index (κ3) is 4.33. The molecule has 172 valence electrons. The summed E-state index contributed by atoms with van der Waals surface area (Å²) in [6.45, 7) is 2.23. The average Bonchev–Trinajstić information content (AvgIpc) is 3.37. The fourth-order valence-corrected chi connectivity index (χ4v) is 4.91. The van der Waals surface area contributed by atoms with Gasteiger partial charge in [-0.1, -0.05) is 17.7 Å². The Balaban J connectivity index is 1.42. The molecule has 3 heterocycles. The highest BCUT2D eigenvalue weighted by Gasteiger charge is 2.44. The van der Waals surface area contributed by atoms with Crippen molar-refractivity contribution in [1.29, 1.82) is 0 Å². The van der Waals surface area contributed by atoms with Gasteiger partial charge in [0.15, 0.2) is 5.69 Å². The van der Waals surface area contributed by atoms with E-state index in [9.17, 15) is 22.8 Å². The Bertz CT molecular complexity index is 1030. The van der Waals surface area contributed by atoms with Crippen LogP contribution in [-0.4, -0.2) is 61.9 Å². The van der Waals surface area contributed by atoms with Crippen LogP contribution < -0.4 is 0 Å². The van der Waals surface area contributed by atoms with E-state index >= 15 is 0 Å². The summed E-state index contributed by atoms with van der Waals surface area (Å²) in [5, 5.41) is 12.9. The Labute approximate surface area is 187 Å². The molecule has 2 aromatic rings. The van der Waals surface area contributed by atoms with Crippen molar-refractivity contribution in [2.75, 3.05) is 19.6 Å². The molecule has 11 heteroatoms. The van der Waals surface area contributed by atoms with Crippen LogP contribution in [0.5, 0.6) is 0 Å². The van der Waals surface area contributed by atoms with Gasteiger partial charge < -0.3 is 10.0 Å². The lowest BCUT2D eigenvalue weighted by Gasteiger charge is -2.45. The molecule has 1 N–H and O–H groups in total. The summed E-state index contributed by atoms with van der Waals surface area (Å²) in [5.41, 5.74) is -0.447. The standard InChI is InChI=1S/C21H22ClF3N4O3/c22-16-12-15(21(23,24)25)3-2-14(16)13-28-8-1-5-20(28)6-10-27(11-7-20)19(32)29-9-4-17(26-29)18(30)31/h2-4,9,12H,1,5-8,10-11,13H2,(H,30,31). The Morgan fingerprint density at radius 2 is 1.84 bits per heavy atom. The number of carbonyl (C=O) groups is 2. The minimum Gasteiger partial charge on any atom is -0.476 e. The molecule has 2 fully saturated rings. The number of rotatable bonds is 3. The topological polar surface area (TPSA) is 78.7 Å². The molecular weight excluding hydrogens is 449 g/mol. The number of nitrogens with zero attached hydrogens (tertiary/aromatic N) is 4. The number of halogens is 4. The van der Waals surface area contributed by atoms with Crippen molar-refractivity contribution < 1.29 is 27.9 Å². The van der Waals surface area contributed by atoms with Gasteiger partial charge in [0, 0.05) is 36.4 Å². The maximum absolute atomic E-state index is 12.9. The van der Waals surface area contributed by atoms with Gasteiger partial charge in [0.05, 0.1) is 5.56 Å². The Morgan fingerprint density at radius 1 is 1.12 bits per heavy atom. The number of alkyl halides is 3. The zero-order chi connectivity index (χ0) is 23.1. The van der Waals surface area contributed by atoms with Crippen molar-refractivity contribution in [2.24, 2.45) is 0 Å². The lowest BCUT2D eigenvalue weighted by atomic mass is 9.84. The van der Waals surface area contributed by atoms with Crippen molar-refractivity contribution in [3.8, 4) is 0 Å². The summed E-state index contributed by atoms with van der Waals surface area (Å²) in [6.07, 6.45) is 0.237. The molecule has 0 unspecified atom stereocenters. The highest BCUT2D eigenvalue weighted by atomic mass is 35.5. The van der Waals surface area contributed by atoms with E-state index in [-0.39, 0.29) is 22.3 Å². The fraction of sp³-hybridized carbons (Fsp3) is 0.476. The van der Waals surface area contributed by atoms with E-state index in [0.717, 1.165) is 36.2 Å². The zero-order valence-corrected chi connectivity index (χ0v) is 17.9. The molecule has 0 aliphatic carbocycles. The van der Waals surface area contributed by atoms with Crippen LogP contribution in [0.1, 0.15) is 47.3 Å². The van der Waals surface area contributed by atoms with Crippen molar-refractivity contribution >= 4 is 23.6 Å². The van der Waals surface area contributed by atoms with Crippen LogP contribution in [0.4, 0.5) is 18.0 Å². The lowest BCUT2D eigenvalue weighted by Crippen LogP contribution is -2.53. The number of benzene rings is 1. The molecule has 32 heavy (non-hydrogen) atoms. The SMILES string of the molecule is O=C(O)c1ccn(C(=O)N2CCC3(CCCN3Cc3ccc(C(F)(F)F)cc3Cl)CC2)n1. The number of hydrogen-bond acceptors (Lipinski definition) is 4. The van der Waals surface area contributed by atoms with Crippen molar-refractivity contribution in [3.63, 3.8) is 0 Å². The smallest absolute Gasteiger partial charge is 0.416 e. The normalized spacial score (nSPS) is 18.9. The first-order valence-electron chi connectivity index (χ1n) is 10.3. The van der Waals surface area contributed by atoms with E-state index in [0.29, 0.717) is 38.0 Å². The predicted octanol–water partition coefficient (Wildman–Crippen LogP) is 4.35. The molecular formula is C21H22ClF3N4O3.